The number of amides is 1. The summed E-state index contributed by atoms with van der Waals surface area (Å²) in [5.74, 6) is 0.0808. The van der Waals surface area contributed by atoms with E-state index in [9.17, 15) is 4.79 Å². The molecule has 1 amide bonds. The molecule has 4 nitrogen and oxygen atoms in total. The number of carbonyl (C=O) groups is 1. The molecule has 1 fully saturated rings. The molecule has 138 valence electrons. The number of thiophene rings is 1. The van der Waals surface area contributed by atoms with Gasteiger partial charge in [-0.25, -0.2) is 4.98 Å². The van der Waals surface area contributed by atoms with E-state index in [0.29, 0.717) is 5.56 Å². The van der Waals surface area contributed by atoms with Gasteiger partial charge in [0.1, 0.15) is 5.03 Å². The molecule has 27 heavy (non-hydrogen) atoms. The fourth-order valence-corrected chi connectivity index (χ4v) is 4.78. The van der Waals surface area contributed by atoms with E-state index in [1.165, 1.54) is 4.88 Å². The highest BCUT2D eigenvalue weighted by molar-refractivity contribution is 7.99. The number of carbonyl (C=O) groups excluding carboxylic acids is 1. The lowest BCUT2D eigenvalue weighted by Crippen LogP contribution is -2.48. The molecule has 0 unspecified atom stereocenters. The van der Waals surface area contributed by atoms with Gasteiger partial charge in [0.25, 0.3) is 5.91 Å². The summed E-state index contributed by atoms with van der Waals surface area (Å²) in [4.78, 5) is 24.4. The molecular formula is C21H21N3OS2. The van der Waals surface area contributed by atoms with E-state index < -0.39 is 0 Å². The lowest BCUT2D eigenvalue weighted by Gasteiger charge is -2.34. The molecule has 0 bridgehead atoms. The van der Waals surface area contributed by atoms with Crippen molar-refractivity contribution in [3.8, 4) is 0 Å². The SMILES string of the molecule is O=C(c1cccnc1Sc1ccccc1)N1CCN(Cc2cccs2)CC1. The fourth-order valence-electron chi connectivity index (χ4n) is 3.14. The van der Waals surface area contributed by atoms with Crippen LogP contribution in [0.3, 0.4) is 0 Å². The number of hydrogen-bond donors (Lipinski definition) is 0. The Bertz CT molecular complexity index is 875. The van der Waals surface area contributed by atoms with Crippen LogP contribution < -0.4 is 0 Å². The number of rotatable bonds is 5. The van der Waals surface area contributed by atoms with E-state index in [1.54, 1.807) is 29.3 Å². The van der Waals surface area contributed by atoms with Gasteiger partial charge in [-0.05, 0) is 35.7 Å². The topological polar surface area (TPSA) is 36.4 Å². The van der Waals surface area contributed by atoms with Gasteiger partial charge in [-0.15, -0.1) is 11.3 Å². The van der Waals surface area contributed by atoms with Crippen molar-refractivity contribution < 1.29 is 4.79 Å². The van der Waals surface area contributed by atoms with Crippen molar-refractivity contribution in [1.29, 1.82) is 0 Å². The van der Waals surface area contributed by atoms with Gasteiger partial charge >= 0.3 is 0 Å². The van der Waals surface area contributed by atoms with E-state index >= 15 is 0 Å². The van der Waals surface area contributed by atoms with Gasteiger partial charge in [-0.2, -0.15) is 0 Å². The Hall–Kier alpha value is -2.15. The van der Waals surface area contributed by atoms with E-state index in [2.05, 4.69) is 27.4 Å². The predicted molar refractivity (Wildman–Crippen MR) is 110 cm³/mol. The highest BCUT2D eigenvalue weighted by Crippen LogP contribution is 2.29. The van der Waals surface area contributed by atoms with E-state index in [4.69, 9.17) is 0 Å². The van der Waals surface area contributed by atoms with Crippen molar-refractivity contribution >= 4 is 29.0 Å². The van der Waals surface area contributed by atoms with E-state index in [1.807, 2.05) is 47.4 Å². The summed E-state index contributed by atoms with van der Waals surface area (Å²) in [6, 6.07) is 18.1. The molecule has 0 aliphatic carbocycles. The molecule has 3 heterocycles. The Kier molecular flexibility index (Phi) is 5.87. The van der Waals surface area contributed by atoms with Gasteiger partial charge in [0.05, 0.1) is 5.56 Å². The maximum absolute atomic E-state index is 13.1. The number of pyridine rings is 1. The highest BCUT2D eigenvalue weighted by atomic mass is 32.2. The first kappa shape index (κ1) is 18.2. The Labute approximate surface area is 167 Å². The van der Waals surface area contributed by atoms with Crippen LogP contribution in [0.2, 0.25) is 0 Å². The minimum absolute atomic E-state index is 0.0808. The Morgan fingerprint density at radius 1 is 1.00 bits per heavy atom. The second-order valence-electron chi connectivity index (χ2n) is 6.42. The van der Waals surface area contributed by atoms with Gasteiger partial charge in [0, 0.05) is 48.7 Å². The van der Waals surface area contributed by atoms with Crippen molar-refractivity contribution in [2.24, 2.45) is 0 Å². The molecule has 2 aromatic heterocycles. The van der Waals surface area contributed by atoms with Gasteiger partial charge in [-0.3, -0.25) is 9.69 Å². The predicted octanol–water partition coefficient (Wildman–Crippen LogP) is 4.25. The summed E-state index contributed by atoms with van der Waals surface area (Å²) < 4.78 is 0. The smallest absolute Gasteiger partial charge is 0.256 e. The Morgan fingerprint density at radius 2 is 1.81 bits per heavy atom. The third kappa shape index (κ3) is 4.58. The zero-order valence-electron chi connectivity index (χ0n) is 15.0. The number of benzene rings is 1. The van der Waals surface area contributed by atoms with E-state index in [0.717, 1.165) is 42.6 Å². The minimum atomic E-state index is 0.0808. The largest absolute Gasteiger partial charge is 0.336 e. The molecule has 0 saturated carbocycles. The second-order valence-corrected chi connectivity index (χ2v) is 8.51. The van der Waals surface area contributed by atoms with Gasteiger partial charge in [0.2, 0.25) is 0 Å². The van der Waals surface area contributed by atoms with Crippen LogP contribution in [0.25, 0.3) is 0 Å². The number of nitrogens with zero attached hydrogens (tertiary/aromatic N) is 3. The molecule has 0 spiro atoms. The number of aromatic nitrogens is 1. The van der Waals surface area contributed by atoms with Crippen LogP contribution in [0.1, 0.15) is 15.2 Å². The molecule has 0 radical (unpaired) electrons. The molecular weight excluding hydrogens is 374 g/mol. The van der Waals surface area contributed by atoms with Crippen LogP contribution in [0.15, 0.2) is 76.1 Å². The molecule has 3 aromatic rings. The third-order valence-electron chi connectivity index (χ3n) is 4.58. The van der Waals surface area contributed by atoms with Crippen LogP contribution in [0.5, 0.6) is 0 Å². The zero-order chi connectivity index (χ0) is 18.5. The molecule has 0 atom stereocenters. The molecule has 1 aliphatic heterocycles. The van der Waals surface area contributed by atoms with Crippen molar-refractivity contribution in [3.63, 3.8) is 0 Å². The van der Waals surface area contributed by atoms with Crippen molar-refractivity contribution in [1.82, 2.24) is 14.8 Å². The summed E-state index contributed by atoms with van der Waals surface area (Å²) in [6.07, 6.45) is 1.75. The van der Waals surface area contributed by atoms with Gasteiger partial charge in [-0.1, -0.05) is 36.0 Å². The first-order chi connectivity index (χ1) is 13.3. The summed E-state index contributed by atoms with van der Waals surface area (Å²) in [7, 11) is 0. The lowest BCUT2D eigenvalue weighted by molar-refractivity contribution is 0.0625. The van der Waals surface area contributed by atoms with Crippen molar-refractivity contribution in [3.05, 3.63) is 76.6 Å². The van der Waals surface area contributed by atoms with Crippen LogP contribution in [0, 0.1) is 0 Å². The minimum Gasteiger partial charge on any atom is -0.336 e. The highest BCUT2D eigenvalue weighted by Gasteiger charge is 2.24. The summed E-state index contributed by atoms with van der Waals surface area (Å²) in [6.45, 7) is 4.31. The maximum Gasteiger partial charge on any atom is 0.256 e. The standard InChI is InChI=1S/C21H21N3OS2/c25-21(24-13-11-23(12-14-24)16-18-8-5-15-26-18)19-9-4-10-22-20(19)27-17-6-2-1-3-7-17/h1-10,15H,11-14,16H2. The summed E-state index contributed by atoms with van der Waals surface area (Å²) in [5.41, 5.74) is 0.693. The maximum atomic E-state index is 13.1. The summed E-state index contributed by atoms with van der Waals surface area (Å²) >= 11 is 3.33. The average Bonchev–Trinajstić information content (AvgIpc) is 3.22. The molecule has 6 heteroatoms. The molecule has 4 rings (SSSR count). The van der Waals surface area contributed by atoms with E-state index in [-0.39, 0.29) is 5.91 Å². The van der Waals surface area contributed by atoms with Crippen LogP contribution in [-0.2, 0) is 6.54 Å². The lowest BCUT2D eigenvalue weighted by atomic mass is 10.2. The molecule has 0 N–H and O–H groups in total. The van der Waals surface area contributed by atoms with Crippen molar-refractivity contribution in [2.75, 3.05) is 26.2 Å². The fraction of sp³-hybridized carbons (Fsp3) is 0.238. The Morgan fingerprint density at radius 3 is 2.56 bits per heavy atom. The zero-order valence-corrected chi connectivity index (χ0v) is 16.6. The second kappa shape index (κ2) is 8.69. The van der Waals surface area contributed by atoms with Crippen LogP contribution in [-0.4, -0.2) is 46.9 Å². The number of piperazine rings is 1. The van der Waals surface area contributed by atoms with Crippen LogP contribution >= 0.6 is 23.1 Å². The monoisotopic (exact) mass is 395 g/mol. The molecule has 1 saturated heterocycles. The first-order valence-electron chi connectivity index (χ1n) is 9.01. The Balaban J connectivity index is 1.41. The average molecular weight is 396 g/mol. The third-order valence-corrected chi connectivity index (χ3v) is 6.47. The number of hydrogen-bond acceptors (Lipinski definition) is 5. The first-order valence-corrected chi connectivity index (χ1v) is 10.7. The molecule has 1 aliphatic rings. The normalized spacial score (nSPS) is 15.0. The molecule has 1 aromatic carbocycles. The summed E-state index contributed by atoms with van der Waals surface area (Å²) in [5, 5.41) is 2.89. The quantitative estimate of drug-likeness (QED) is 0.647. The van der Waals surface area contributed by atoms with Gasteiger partial charge < -0.3 is 4.90 Å². The van der Waals surface area contributed by atoms with Crippen LogP contribution in [0.4, 0.5) is 0 Å². The van der Waals surface area contributed by atoms with Gasteiger partial charge in [0.15, 0.2) is 0 Å². The van der Waals surface area contributed by atoms with Crippen molar-refractivity contribution in [2.45, 2.75) is 16.5 Å².